The summed E-state index contributed by atoms with van der Waals surface area (Å²) in [6.45, 7) is 4.87. The van der Waals surface area contributed by atoms with Gasteiger partial charge in [0.15, 0.2) is 0 Å². The van der Waals surface area contributed by atoms with Crippen LogP contribution in [0, 0.1) is 5.92 Å². The minimum Gasteiger partial charge on any atom is -0.314 e. The maximum atomic E-state index is 13.1. The summed E-state index contributed by atoms with van der Waals surface area (Å²) in [5.41, 5.74) is -0.151. The van der Waals surface area contributed by atoms with E-state index in [1.165, 1.54) is 12.4 Å². The second-order valence-electron chi connectivity index (χ2n) is 5.82. The Morgan fingerprint density at radius 1 is 1.35 bits per heavy atom. The number of rotatable bonds is 4. The number of halogens is 3. The van der Waals surface area contributed by atoms with Gasteiger partial charge in [-0.05, 0) is 42.9 Å². The van der Waals surface area contributed by atoms with Crippen molar-refractivity contribution in [1.82, 2.24) is 10.3 Å². The zero-order valence-corrected chi connectivity index (χ0v) is 11.9. The molecule has 1 saturated carbocycles. The first-order valence-corrected chi connectivity index (χ1v) is 7.14. The maximum absolute atomic E-state index is 13.1. The molecule has 2 unspecified atom stereocenters. The predicted octanol–water partition coefficient (Wildman–Crippen LogP) is 3.98. The second-order valence-corrected chi connectivity index (χ2v) is 5.82. The van der Waals surface area contributed by atoms with Crippen molar-refractivity contribution < 1.29 is 13.2 Å². The third-order valence-corrected chi connectivity index (χ3v) is 4.00. The molecule has 1 aliphatic rings. The van der Waals surface area contributed by atoms with Gasteiger partial charge in [0.05, 0.1) is 5.56 Å². The minimum atomic E-state index is -4.29. The highest BCUT2D eigenvalue weighted by Gasteiger charge is 2.38. The molecule has 0 saturated heterocycles. The molecule has 0 aromatic carbocycles. The van der Waals surface area contributed by atoms with Crippen molar-refractivity contribution in [1.29, 1.82) is 0 Å². The number of nitrogens with one attached hydrogen (secondary N) is 1. The van der Waals surface area contributed by atoms with E-state index in [4.69, 9.17) is 0 Å². The van der Waals surface area contributed by atoms with Crippen LogP contribution in [0.2, 0.25) is 0 Å². The molecule has 0 spiro atoms. The Hall–Kier alpha value is -1.10. The van der Waals surface area contributed by atoms with Crippen molar-refractivity contribution in [2.24, 2.45) is 5.92 Å². The lowest BCUT2D eigenvalue weighted by Gasteiger charge is -2.24. The molecule has 1 aliphatic carbocycles. The van der Waals surface area contributed by atoms with Crippen molar-refractivity contribution in [2.45, 2.75) is 51.2 Å². The van der Waals surface area contributed by atoms with E-state index in [1.807, 2.05) is 0 Å². The molecular weight excluding hydrogens is 265 g/mol. The summed E-state index contributed by atoms with van der Waals surface area (Å²) in [7, 11) is 0. The van der Waals surface area contributed by atoms with Gasteiger partial charge in [-0.2, -0.15) is 13.2 Å². The van der Waals surface area contributed by atoms with E-state index in [9.17, 15) is 13.2 Å². The zero-order chi connectivity index (χ0) is 14.8. The van der Waals surface area contributed by atoms with Crippen LogP contribution < -0.4 is 5.32 Å². The minimum absolute atomic E-state index is 0.0356. The van der Waals surface area contributed by atoms with Gasteiger partial charge in [-0.15, -0.1) is 0 Å². The fourth-order valence-electron chi connectivity index (χ4n) is 3.04. The SMILES string of the molecule is CC(C)NCC1CCCC1c1cnccc1C(F)(F)F. The molecule has 1 N–H and O–H groups in total. The van der Waals surface area contributed by atoms with E-state index in [0.29, 0.717) is 11.6 Å². The largest absolute Gasteiger partial charge is 0.416 e. The quantitative estimate of drug-likeness (QED) is 0.905. The Labute approximate surface area is 117 Å². The number of hydrogen-bond donors (Lipinski definition) is 1. The van der Waals surface area contributed by atoms with Crippen LogP contribution in [0.3, 0.4) is 0 Å². The Bertz CT molecular complexity index is 443. The Morgan fingerprint density at radius 3 is 2.75 bits per heavy atom. The van der Waals surface area contributed by atoms with Crippen molar-refractivity contribution in [2.75, 3.05) is 6.54 Å². The van der Waals surface area contributed by atoms with Crippen molar-refractivity contribution in [3.63, 3.8) is 0 Å². The Morgan fingerprint density at radius 2 is 2.10 bits per heavy atom. The normalized spacial score (nSPS) is 23.5. The van der Waals surface area contributed by atoms with Gasteiger partial charge < -0.3 is 5.32 Å². The van der Waals surface area contributed by atoms with Gasteiger partial charge >= 0.3 is 6.18 Å². The fourth-order valence-corrected chi connectivity index (χ4v) is 3.04. The number of hydrogen-bond acceptors (Lipinski definition) is 2. The third kappa shape index (κ3) is 3.51. The van der Waals surface area contributed by atoms with Crippen LogP contribution in [-0.2, 0) is 6.18 Å². The van der Waals surface area contributed by atoms with Crippen LogP contribution in [0.15, 0.2) is 18.5 Å². The third-order valence-electron chi connectivity index (χ3n) is 4.00. The van der Waals surface area contributed by atoms with E-state index in [-0.39, 0.29) is 11.8 Å². The van der Waals surface area contributed by atoms with Crippen LogP contribution in [0.25, 0.3) is 0 Å². The molecule has 1 fully saturated rings. The molecule has 1 aromatic heterocycles. The fraction of sp³-hybridized carbons (Fsp3) is 0.667. The van der Waals surface area contributed by atoms with Crippen LogP contribution in [0.5, 0.6) is 0 Å². The van der Waals surface area contributed by atoms with Gasteiger partial charge in [0.1, 0.15) is 0 Å². The molecular formula is C15H21F3N2. The van der Waals surface area contributed by atoms with Crippen LogP contribution in [0.4, 0.5) is 13.2 Å². The van der Waals surface area contributed by atoms with Gasteiger partial charge in [-0.1, -0.05) is 20.3 Å². The molecule has 20 heavy (non-hydrogen) atoms. The summed E-state index contributed by atoms with van der Waals surface area (Å²) < 4.78 is 39.3. The van der Waals surface area contributed by atoms with E-state index >= 15 is 0 Å². The van der Waals surface area contributed by atoms with Gasteiger partial charge in [-0.25, -0.2) is 0 Å². The summed E-state index contributed by atoms with van der Waals surface area (Å²) in [5, 5.41) is 3.34. The summed E-state index contributed by atoms with van der Waals surface area (Å²) in [6.07, 6.45) is 1.12. The average molecular weight is 286 g/mol. The molecule has 2 atom stereocenters. The van der Waals surface area contributed by atoms with Gasteiger partial charge in [-0.3, -0.25) is 4.98 Å². The first-order valence-electron chi connectivity index (χ1n) is 7.14. The maximum Gasteiger partial charge on any atom is 0.416 e. The first-order chi connectivity index (χ1) is 9.39. The predicted molar refractivity (Wildman–Crippen MR) is 72.5 cm³/mol. The molecule has 5 heteroatoms. The lowest BCUT2D eigenvalue weighted by Crippen LogP contribution is -2.30. The smallest absolute Gasteiger partial charge is 0.314 e. The highest BCUT2D eigenvalue weighted by molar-refractivity contribution is 5.31. The van der Waals surface area contributed by atoms with E-state index in [0.717, 1.165) is 31.9 Å². The highest BCUT2D eigenvalue weighted by Crippen LogP contribution is 2.44. The highest BCUT2D eigenvalue weighted by atomic mass is 19.4. The monoisotopic (exact) mass is 286 g/mol. The molecule has 2 rings (SSSR count). The van der Waals surface area contributed by atoms with Crippen LogP contribution in [0.1, 0.15) is 50.2 Å². The molecule has 1 heterocycles. The molecule has 0 radical (unpaired) electrons. The molecule has 1 aromatic rings. The first kappa shape index (κ1) is 15.3. The topological polar surface area (TPSA) is 24.9 Å². The summed E-state index contributed by atoms with van der Waals surface area (Å²) in [6, 6.07) is 1.45. The van der Waals surface area contributed by atoms with E-state index in [1.54, 1.807) is 0 Å². The number of nitrogens with zero attached hydrogens (tertiary/aromatic N) is 1. The summed E-state index contributed by atoms with van der Waals surface area (Å²) in [4.78, 5) is 3.91. The number of alkyl halides is 3. The lowest BCUT2D eigenvalue weighted by molar-refractivity contribution is -0.138. The number of aromatic nitrogens is 1. The molecule has 112 valence electrons. The van der Waals surface area contributed by atoms with Crippen molar-refractivity contribution in [3.05, 3.63) is 29.6 Å². The van der Waals surface area contributed by atoms with Gasteiger partial charge in [0, 0.05) is 18.4 Å². The van der Waals surface area contributed by atoms with E-state index < -0.39 is 11.7 Å². The second kappa shape index (κ2) is 6.12. The van der Waals surface area contributed by atoms with Gasteiger partial charge in [0.25, 0.3) is 0 Å². The van der Waals surface area contributed by atoms with Crippen molar-refractivity contribution in [3.8, 4) is 0 Å². The van der Waals surface area contributed by atoms with Crippen LogP contribution >= 0.6 is 0 Å². The molecule has 2 nitrogen and oxygen atoms in total. The summed E-state index contributed by atoms with van der Waals surface area (Å²) >= 11 is 0. The van der Waals surface area contributed by atoms with Crippen molar-refractivity contribution >= 4 is 0 Å². The average Bonchev–Trinajstić information content (AvgIpc) is 2.83. The van der Waals surface area contributed by atoms with Gasteiger partial charge in [0.2, 0.25) is 0 Å². The zero-order valence-electron chi connectivity index (χ0n) is 11.9. The lowest BCUT2D eigenvalue weighted by atomic mass is 9.87. The summed E-state index contributed by atoms with van der Waals surface area (Å²) in [5.74, 6) is 0.231. The standard InChI is InChI=1S/C15H21F3N2/c1-10(2)20-8-11-4-3-5-12(11)13-9-19-7-6-14(13)15(16,17)18/h6-7,9-12,20H,3-5,8H2,1-2H3. The Balaban J connectivity index is 2.22. The van der Waals surface area contributed by atoms with E-state index in [2.05, 4.69) is 24.1 Å². The van der Waals surface area contributed by atoms with Crippen LogP contribution in [-0.4, -0.2) is 17.6 Å². The number of pyridine rings is 1. The Kier molecular flexibility index (Phi) is 4.68. The molecule has 0 bridgehead atoms. The molecule has 0 amide bonds. The molecule has 0 aliphatic heterocycles.